The normalized spacial score (nSPS) is 10.8. The Labute approximate surface area is 191 Å². The highest BCUT2D eigenvalue weighted by atomic mass is 35.5. The van der Waals surface area contributed by atoms with E-state index in [0.29, 0.717) is 16.5 Å². The van der Waals surface area contributed by atoms with Crippen molar-refractivity contribution in [2.45, 2.75) is 0 Å². The molecule has 0 aliphatic carbocycles. The van der Waals surface area contributed by atoms with E-state index < -0.39 is 0 Å². The number of fused-ring (bicyclic) bond motifs is 1. The van der Waals surface area contributed by atoms with E-state index in [4.69, 9.17) is 26.1 Å². The summed E-state index contributed by atoms with van der Waals surface area (Å²) < 4.78 is 11.9. The Morgan fingerprint density at radius 3 is 2.03 bits per heavy atom. The Hall–Kier alpha value is -3.82. The minimum Gasteiger partial charge on any atom is -0.497 e. The molecule has 0 saturated heterocycles. The Morgan fingerprint density at radius 1 is 0.656 bits per heavy atom. The van der Waals surface area contributed by atoms with E-state index in [0.717, 1.165) is 39.0 Å². The van der Waals surface area contributed by atoms with Gasteiger partial charge in [0.15, 0.2) is 5.75 Å². The van der Waals surface area contributed by atoms with Gasteiger partial charge < -0.3 is 9.47 Å². The number of rotatable bonds is 5. The predicted octanol–water partition coefficient (Wildman–Crippen LogP) is 8.02. The smallest absolute Gasteiger partial charge is 0.162 e. The number of hydrogen-bond donors (Lipinski definition) is 0. The van der Waals surface area contributed by atoms with Crippen LogP contribution in [0.5, 0.6) is 17.2 Å². The van der Waals surface area contributed by atoms with Crippen LogP contribution in [0.2, 0.25) is 5.02 Å². The number of para-hydroxylation sites is 1. The van der Waals surface area contributed by atoms with Gasteiger partial charge in [0.1, 0.15) is 17.2 Å². The van der Waals surface area contributed by atoms with Crippen molar-refractivity contribution >= 4 is 22.5 Å². The number of benzene rings is 4. The zero-order valence-electron chi connectivity index (χ0n) is 17.5. The van der Waals surface area contributed by atoms with Gasteiger partial charge in [-0.3, -0.25) is 0 Å². The SMILES string of the molecule is COc1ccc(-c2nc3ccccc3c(-c3ccccc3)c2Oc2ccc(Cl)cc2)cc1. The molecule has 0 aliphatic heterocycles. The standard InChI is InChI=1S/C28H20ClNO2/c1-31-22-15-11-20(12-16-22)27-28(32-23-17-13-21(29)14-18-23)26(19-7-3-2-4-8-19)24-9-5-6-10-25(24)30-27/h2-18H,1H3. The van der Waals surface area contributed by atoms with Crippen LogP contribution in [0.25, 0.3) is 33.3 Å². The number of pyridine rings is 1. The molecule has 0 radical (unpaired) electrons. The van der Waals surface area contributed by atoms with Crippen molar-refractivity contribution in [3.05, 3.63) is 108 Å². The van der Waals surface area contributed by atoms with Crippen LogP contribution in [0.15, 0.2) is 103 Å². The maximum atomic E-state index is 6.52. The lowest BCUT2D eigenvalue weighted by atomic mass is 9.96. The molecule has 0 N–H and O–H groups in total. The molecule has 1 heterocycles. The van der Waals surface area contributed by atoms with Crippen molar-refractivity contribution in [1.29, 1.82) is 0 Å². The summed E-state index contributed by atoms with van der Waals surface area (Å²) in [4.78, 5) is 5.01. The van der Waals surface area contributed by atoms with Crippen LogP contribution >= 0.6 is 11.6 Å². The minimum absolute atomic E-state index is 0.660. The number of hydrogen-bond acceptors (Lipinski definition) is 3. The maximum Gasteiger partial charge on any atom is 0.162 e. The first-order chi connectivity index (χ1) is 15.7. The van der Waals surface area contributed by atoms with E-state index in [9.17, 15) is 0 Å². The Balaban J connectivity index is 1.81. The summed E-state index contributed by atoms with van der Waals surface area (Å²) in [6.45, 7) is 0. The molecular formula is C28H20ClNO2. The van der Waals surface area contributed by atoms with E-state index in [1.54, 1.807) is 7.11 Å². The van der Waals surface area contributed by atoms with Crippen LogP contribution in [0.4, 0.5) is 0 Å². The average Bonchev–Trinajstić information content (AvgIpc) is 2.85. The van der Waals surface area contributed by atoms with Gasteiger partial charge in [-0.25, -0.2) is 4.98 Å². The molecule has 0 unspecified atom stereocenters. The highest BCUT2D eigenvalue weighted by molar-refractivity contribution is 6.30. The van der Waals surface area contributed by atoms with Crippen molar-refractivity contribution in [3.8, 4) is 39.6 Å². The van der Waals surface area contributed by atoms with E-state index >= 15 is 0 Å². The Bertz CT molecular complexity index is 1370. The molecule has 0 bridgehead atoms. The molecule has 4 heteroatoms. The Morgan fingerprint density at radius 2 is 1.31 bits per heavy atom. The van der Waals surface area contributed by atoms with Gasteiger partial charge in [0.2, 0.25) is 0 Å². The third-order valence-corrected chi connectivity index (χ3v) is 5.56. The molecule has 1 aromatic heterocycles. The molecular weight excluding hydrogens is 418 g/mol. The van der Waals surface area contributed by atoms with Crippen LogP contribution in [-0.2, 0) is 0 Å². The molecule has 0 spiro atoms. The van der Waals surface area contributed by atoms with Gasteiger partial charge in [-0.1, -0.05) is 60.1 Å². The van der Waals surface area contributed by atoms with Crippen molar-refractivity contribution in [2.75, 3.05) is 7.11 Å². The molecule has 156 valence electrons. The highest BCUT2D eigenvalue weighted by Crippen LogP contribution is 2.44. The summed E-state index contributed by atoms with van der Waals surface area (Å²) in [5.74, 6) is 2.18. The van der Waals surface area contributed by atoms with Crippen LogP contribution in [0.3, 0.4) is 0 Å². The van der Waals surface area contributed by atoms with E-state index in [-0.39, 0.29) is 0 Å². The molecule has 0 saturated carbocycles. The molecule has 32 heavy (non-hydrogen) atoms. The van der Waals surface area contributed by atoms with Gasteiger partial charge in [-0.2, -0.15) is 0 Å². The van der Waals surface area contributed by atoms with Crippen LogP contribution in [0.1, 0.15) is 0 Å². The van der Waals surface area contributed by atoms with Crippen LogP contribution in [0, 0.1) is 0 Å². The van der Waals surface area contributed by atoms with Crippen molar-refractivity contribution in [1.82, 2.24) is 4.98 Å². The second-order valence-corrected chi connectivity index (χ2v) is 7.77. The second kappa shape index (κ2) is 8.74. The second-order valence-electron chi connectivity index (χ2n) is 7.33. The van der Waals surface area contributed by atoms with E-state index in [2.05, 4.69) is 18.2 Å². The lowest BCUT2D eigenvalue weighted by molar-refractivity contribution is 0.415. The topological polar surface area (TPSA) is 31.4 Å². The van der Waals surface area contributed by atoms with E-state index in [1.807, 2.05) is 84.9 Å². The maximum absolute atomic E-state index is 6.52. The summed E-state index contributed by atoms with van der Waals surface area (Å²) in [5, 5.41) is 1.69. The molecule has 4 aromatic carbocycles. The first kappa shape index (κ1) is 20.1. The third-order valence-electron chi connectivity index (χ3n) is 5.31. The largest absolute Gasteiger partial charge is 0.497 e. The van der Waals surface area contributed by atoms with E-state index in [1.165, 1.54) is 0 Å². The summed E-state index contributed by atoms with van der Waals surface area (Å²) in [7, 11) is 1.66. The van der Waals surface area contributed by atoms with Crippen molar-refractivity contribution in [3.63, 3.8) is 0 Å². The number of aromatic nitrogens is 1. The molecule has 0 amide bonds. The number of ether oxygens (including phenoxy) is 2. The zero-order valence-corrected chi connectivity index (χ0v) is 18.2. The lowest BCUT2D eigenvalue weighted by Crippen LogP contribution is -1.97. The quantitative estimate of drug-likeness (QED) is 0.279. The lowest BCUT2D eigenvalue weighted by Gasteiger charge is -2.18. The molecule has 5 aromatic rings. The number of nitrogens with zero attached hydrogens (tertiary/aromatic N) is 1. The first-order valence-corrected chi connectivity index (χ1v) is 10.7. The zero-order chi connectivity index (χ0) is 21.9. The molecule has 0 fully saturated rings. The van der Waals surface area contributed by atoms with Gasteiger partial charge >= 0.3 is 0 Å². The van der Waals surface area contributed by atoms with Gasteiger partial charge in [0, 0.05) is 21.5 Å². The van der Waals surface area contributed by atoms with Gasteiger partial charge in [-0.15, -0.1) is 0 Å². The molecule has 3 nitrogen and oxygen atoms in total. The van der Waals surface area contributed by atoms with Gasteiger partial charge in [-0.05, 0) is 60.2 Å². The number of methoxy groups -OCH3 is 1. The van der Waals surface area contributed by atoms with Gasteiger partial charge in [0.05, 0.1) is 12.6 Å². The number of halogens is 1. The third kappa shape index (κ3) is 3.91. The van der Waals surface area contributed by atoms with Crippen molar-refractivity contribution < 1.29 is 9.47 Å². The monoisotopic (exact) mass is 437 g/mol. The van der Waals surface area contributed by atoms with Crippen molar-refractivity contribution in [2.24, 2.45) is 0 Å². The average molecular weight is 438 g/mol. The summed E-state index contributed by atoms with van der Waals surface area (Å²) in [5.41, 5.74) is 4.67. The fourth-order valence-corrected chi connectivity index (χ4v) is 3.88. The fourth-order valence-electron chi connectivity index (χ4n) is 3.75. The summed E-state index contributed by atoms with van der Waals surface area (Å²) in [6.07, 6.45) is 0. The summed E-state index contributed by atoms with van der Waals surface area (Å²) >= 11 is 6.10. The summed E-state index contributed by atoms with van der Waals surface area (Å²) in [6, 6.07) is 33.6. The highest BCUT2D eigenvalue weighted by Gasteiger charge is 2.20. The molecule has 5 rings (SSSR count). The minimum atomic E-state index is 0.660. The Kier molecular flexibility index (Phi) is 5.49. The predicted molar refractivity (Wildman–Crippen MR) is 131 cm³/mol. The fraction of sp³-hybridized carbons (Fsp3) is 0.0357. The van der Waals surface area contributed by atoms with Crippen LogP contribution in [-0.4, -0.2) is 12.1 Å². The van der Waals surface area contributed by atoms with Crippen LogP contribution < -0.4 is 9.47 Å². The first-order valence-electron chi connectivity index (χ1n) is 10.3. The van der Waals surface area contributed by atoms with Gasteiger partial charge in [0.25, 0.3) is 0 Å². The molecule has 0 atom stereocenters. The molecule has 0 aliphatic rings.